The van der Waals surface area contributed by atoms with Crippen molar-refractivity contribution in [3.05, 3.63) is 29.3 Å². The van der Waals surface area contributed by atoms with E-state index in [9.17, 15) is 4.79 Å². The van der Waals surface area contributed by atoms with E-state index in [1.54, 1.807) is 6.07 Å². The lowest BCUT2D eigenvalue weighted by Crippen LogP contribution is -2.40. The van der Waals surface area contributed by atoms with Crippen LogP contribution >= 0.6 is 0 Å². The van der Waals surface area contributed by atoms with Crippen LogP contribution in [0.2, 0.25) is 0 Å². The van der Waals surface area contributed by atoms with Crippen LogP contribution in [0.1, 0.15) is 22.3 Å². The fraction of sp³-hybridized carbons (Fsp3) is 0.500. The number of carbonyl (C=O) groups excluding carboxylic acids is 1. The molecule has 1 atom stereocenters. The van der Waals surface area contributed by atoms with E-state index in [2.05, 4.69) is 0 Å². The number of anilines is 1. The molecule has 2 N–H and O–H groups in total. The van der Waals surface area contributed by atoms with Crippen molar-refractivity contribution in [3.8, 4) is 0 Å². The van der Waals surface area contributed by atoms with E-state index in [0.717, 1.165) is 50.3 Å². The van der Waals surface area contributed by atoms with Crippen LogP contribution in [0.15, 0.2) is 18.2 Å². The Morgan fingerprint density at radius 1 is 1.44 bits per heavy atom. The third-order valence-corrected chi connectivity index (χ3v) is 3.81. The molecule has 18 heavy (non-hydrogen) atoms. The summed E-state index contributed by atoms with van der Waals surface area (Å²) in [4.78, 5) is 14.3. The second-order valence-electron chi connectivity index (χ2n) is 5.15. The first-order valence-electron chi connectivity index (χ1n) is 6.49. The Labute approximate surface area is 107 Å². The van der Waals surface area contributed by atoms with Gasteiger partial charge in [-0.15, -0.1) is 0 Å². The van der Waals surface area contributed by atoms with E-state index < -0.39 is 0 Å². The van der Waals surface area contributed by atoms with Gasteiger partial charge in [-0.05, 0) is 30.5 Å². The van der Waals surface area contributed by atoms with Gasteiger partial charge in [-0.2, -0.15) is 0 Å². The van der Waals surface area contributed by atoms with Crippen molar-refractivity contribution in [1.82, 2.24) is 4.90 Å². The fourth-order valence-electron chi connectivity index (χ4n) is 2.75. The topological polar surface area (TPSA) is 55.6 Å². The van der Waals surface area contributed by atoms with Gasteiger partial charge in [0, 0.05) is 36.9 Å². The summed E-state index contributed by atoms with van der Waals surface area (Å²) in [5.74, 6) is 0.618. The van der Waals surface area contributed by atoms with Gasteiger partial charge in [0.2, 0.25) is 0 Å². The number of nitrogens with zero attached hydrogens (tertiary/aromatic N) is 1. The maximum atomic E-state index is 12.4. The highest BCUT2D eigenvalue weighted by atomic mass is 16.5. The minimum Gasteiger partial charge on any atom is -0.399 e. The summed E-state index contributed by atoms with van der Waals surface area (Å²) in [6, 6.07) is 5.64. The number of hydrogen-bond donors (Lipinski definition) is 1. The molecular weight excluding hydrogens is 228 g/mol. The van der Waals surface area contributed by atoms with Crippen LogP contribution in [0.4, 0.5) is 5.69 Å². The predicted molar refractivity (Wildman–Crippen MR) is 69.4 cm³/mol. The first kappa shape index (κ1) is 11.5. The Bertz CT molecular complexity index is 467. The molecule has 1 aromatic carbocycles. The van der Waals surface area contributed by atoms with Crippen LogP contribution in [0.3, 0.4) is 0 Å². The lowest BCUT2D eigenvalue weighted by atomic mass is 9.97. The summed E-state index contributed by atoms with van der Waals surface area (Å²) < 4.78 is 5.36. The fourth-order valence-corrected chi connectivity index (χ4v) is 2.75. The molecule has 1 amide bonds. The van der Waals surface area contributed by atoms with E-state index in [4.69, 9.17) is 10.5 Å². The van der Waals surface area contributed by atoms with Crippen molar-refractivity contribution in [2.45, 2.75) is 12.8 Å². The number of amides is 1. The van der Waals surface area contributed by atoms with E-state index in [1.807, 2.05) is 17.0 Å². The number of hydrogen-bond acceptors (Lipinski definition) is 3. The van der Waals surface area contributed by atoms with Gasteiger partial charge in [0.1, 0.15) is 0 Å². The molecule has 0 saturated carbocycles. The summed E-state index contributed by atoms with van der Waals surface area (Å²) in [5.41, 5.74) is 8.32. The first-order chi connectivity index (χ1) is 8.74. The Morgan fingerprint density at radius 3 is 3.11 bits per heavy atom. The van der Waals surface area contributed by atoms with Crippen LogP contribution in [-0.4, -0.2) is 37.1 Å². The lowest BCUT2D eigenvalue weighted by Gasteiger charge is -2.30. The van der Waals surface area contributed by atoms with Gasteiger partial charge in [-0.25, -0.2) is 0 Å². The average Bonchev–Trinajstić information content (AvgIpc) is 2.86. The van der Waals surface area contributed by atoms with Gasteiger partial charge in [0.25, 0.3) is 5.91 Å². The summed E-state index contributed by atoms with van der Waals surface area (Å²) >= 11 is 0. The zero-order valence-corrected chi connectivity index (χ0v) is 10.4. The zero-order chi connectivity index (χ0) is 12.5. The number of nitrogens with two attached hydrogens (primary N) is 1. The maximum absolute atomic E-state index is 12.4. The highest BCUT2D eigenvalue weighted by Crippen LogP contribution is 2.23. The number of carbonyl (C=O) groups is 1. The second-order valence-corrected chi connectivity index (χ2v) is 5.15. The Kier molecular flexibility index (Phi) is 2.96. The molecule has 0 aliphatic carbocycles. The Morgan fingerprint density at radius 2 is 2.33 bits per heavy atom. The summed E-state index contributed by atoms with van der Waals surface area (Å²) in [5, 5.41) is 0. The van der Waals surface area contributed by atoms with Gasteiger partial charge >= 0.3 is 0 Å². The molecule has 2 aliphatic heterocycles. The van der Waals surface area contributed by atoms with E-state index in [-0.39, 0.29) is 5.91 Å². The predicted octanol–water partition coefficient (Wildman–Crippen LogP) is 1.30. The molecule has 2 aliphatic rings. The molecule has 4 heteroatoms. The molecule has 3 rings (SSSR count). The van der Waals surface area contributed by atoms with E-state index >= 15 is 0 Å². The van der Waals surface area contributed by atoms with Gasteiger partial charge in [-0.3, -0.25) is 4.79 Å². The number of ether oxygens (including phenoxy) is 1. The largest absolute Gasteiger partial charge is 0.399 e. The molecule has 1 saturated heterocycles. The molecule has 0 spiro atoms. The monoisotopic (exact) mass is 246 g/mol. The second kappa shape index (κ2) is 4.61. The first-order valence-corrected chi connectivity index (χ1v) is 6.49. The normalized spacial score (nSPS) is 23.2. The Balaban J connectivity index is 1.78. The van der Waals surface area contributed by atoms with Crippen molar-refractivity contribution < 1.29 is 9.53 Å². The van der Waals surface area contributed by atoms with E-state index in [1.165, 1.54) is 0 Å². The van der Waals surface area contributed by atoms with Crippen molar-refractivity contribution in [2.75, 3.05) is 32.0 Å². The molecule has 1 fully saturated rings. The van der Waals surface area contributed by atoms with E-state index in [0.29, 0.717) is 11.6 Å². The smallest absolute Gasteiger partial charge is 0.254 e. The zero-order valence-electron chi connectivity index (χ0n) is 10.4. The number of benzene rings is 1. The molecule has 0 radical (unpaired) electrons. The Hall–Kier alpha value is -1.55. The molecule has 0 bridgehead atoms. The molecule has 0 aromatic heterocycles. The van der Waals surface area contributed by atoms with Gasteiger partial charge in [0.05, 0.1) is 6.61 Å². The van der Waals surface area contributed by atoms with Gasteiger partial charge < -0.3 is 15.4 Å². The maximum Gasteiger partial charge on any atom is 0.254 e. The third-order valence-electron chi connectivity index (χ3n) is 3.81. The van der Waals surface area contributed by atoms with Crippen molar-refractivity contribution in [3.63, 3.8) is 0 Å². The number of rotatable bonds is 2. The number of nitrogen functional groups attached to an aromatic ring is 1. The molecule has 1 unspecified atom stereocenters. The summed E-state index contributed by atoms with van der Waals surface area (Å²) in [6.07, 6.45) is 1.99. The minimum absolute atomic E-state index is 0.121. The summed E-state index contributed by atoms with van der Waals surface area (Å²) in [6.45, 7) is 3.24. The molecule has 96 valence electrons. The average molecular weight is 246 g/mol. The standard InChI is InChI=1S/C14H18N2O2/c15-12-2-1-11-3-5-16(14(17)13(11)7-12)8-10-4-6-18-9-10/h1-2,7,10H,3-6,8-9,15H2. The lowest BCUT2D eigenvalue weighted by molar-refractivity contribution is 0.0704. The van der Waals surface area contributed by atoms with Crippen molar-refractivity contribution >= 4 is 11.6 Å². The van der Waals surface area contributed by atoms with Crippen LogP contribution in [-0.2, 0) is 11.2 Å². The number of fused-ring (bicyclic) bond motifs is 1. The highest BCUT2D eigenvalue weighted by Gasteiger charge is 2.27. The van der Waals surface area contributed by atoms with Crippen molar-refractivity contribution in [2.24, 2.45) is 5.92 Å². The van der Waals surface area contributed by atoms with Crippen LogP contribution < -0.4 is 5.73 Å². The molecule has 2 heterocycles. The quantitative estimate of drug-likeness (QED) is 0.800. The molecular formula is C14H18N2O2. The molecule has 1 aromatic rings. The van der Waals surface area contributed by atoms with Crippen LogP contribution in [0.25, 0.3) is 0 Å². The minimum atomic E-state index is 0.121. The summed E-state index contributed by atoms with van der Waals surface area (Å²) in [7, 11) is 0. The van der Waals surface area contributed by atoms with Gasteiger partial charge in [0.15, 0.2) is 0 Å². The SMILES string of the molecule is Nc1ccc2c(c1)C(=O)N(CC1CCOC1)CC2. The molecule has 4 nitrogen and oxygen atoms in total. The third kappa shape index (κ3) is 2.08. The van der Waals surface area contributed by atoms with Crippen LogP contribution in [0, 0.1) is 5.92 Å². The highest BCUT2D eigenvalue weighted by molar-refractivity contribution is 5.97. The van der Waals surface area contributed by atoms with Crippen LogP contribution in [0.5, 0.6) is 0 Å². The van der Waals surface area contributed by atoms with Crippen molar-refractivity contribution in [1.29, 1.82) is 0 Å². The van der Waals surface area contributed by atoms with Gasteiger partial charge in [-0.1, -0.05) is 6.07 Å².